The number of hydrogen-bond donors (Lipinski definition) is 1. The van der Waals surface area contributed by atoms with E-state index >= 15 is 0 Å². The van der Waals surface area contributed by atoms with Crippen LogP contribution in [0.1, 0.15) is 12.5 Å². The maximum absolute atomic E-state index is 12.5. The van der Waals surface area contributed by atoms with E-state index in [1.54, 1.807) is 12.1 Å². The highest BCUT2D eigenvalue weighted by atomic mass is 35.5. The van der Waals surface area contributed by atoms with E-state index in [9.17, 15) is 4.79 Å². The second kappa shape index (κ2) is 8.48. The van der Waals surface area contributed by atoms with Gasteiger partial charge in [-0.1, -0.05) is 41.9 Å². The summed E-state index contributed by atoms with van der Waals surface area (Å²) < 4.78 is 0. The van der Waals surface area contributed by atoms with E-state index in [0.717, 1.165) is 38.4 Å². The molecule has 1 atom stereocenters. The largest absolute Gasteiger partial charge is 0.325 e. The lowest BCUT2D eigenvalue weighted by Crippen LogP contribution is -2.52. The van der Waals surface area contributed by atoms with Crippen LogP contribution in [0.15, 0.2) is 54.6 Å². The summed E-state index contributed by atoms with van der Waals surface area (Å²) in [6.45, 7) is 6.71. The number of nitrogens with zero attached hydrogens (tertiary/aromatic N) is 2. The van der Waals surface area contributed by atoms with Gasteiger partial charge in [0.05, 0.1) is 6.04 Å². The van der Waals surface area contributed by atoms with Gasteiger partial charge in [0.1, 0.15) is 0 Å². The molecule has 1 fully saturated rings. The van der Waals surface area contributed by atoms with Gasteiger partial charge >= 0.3 is 0 Å². The predicted molar refractivity (Wildman–Crippen MR) is 103 cm³/mol. The van der Waals surface area contributed by atoms with Crippen LogP contribution < -0.4 is 5.32 Å². The number of amides is 1. The van der Waals surface area contributed by atoms with Gasteiger partial charge in [-0.25, -0.2) is 0 Å². The van der Waals surface area contributed by atoms with Gasteiger partial charge in [-0.2, -0.15) is 0 Å². The summed E-state index contributed by atoms with van der Waals surface area (Å²) in [6.07, 6.45) is 0. The summed E-state index contributed by atoms with van der Waals surface area (Å²) in [5, 5.41) is 3.63. The highest BCUT2D eigenvalue weighted by Crippen LogP contribution is 2.15. The zero-order chi connectivity index (χ0) is 17.6. The number of piperazine rings is 1. The molecule has 1 amide bonds. The molecule has 1 heterocycles. The van der Waals surface area contributed by atoms with Crippen molar-refractivity contribution in [1.82, 2.24) is 9.80 Å². The topological polar surface area (TPSA) is 35.6 Å². The number of benzene rings is 2. The second-order valence-electron chi connectivity index (χ2n) is 6.47. The van der Waals surface area contributed by atoms with Crippen LogP contribution in [0.25, 0.3) is 0 Å². The molecule has 0 aromatic heterocycles. The Morgan fingerprint density at radius 3 is 2.32 bits per heavy atom. The first-order chi connectivity index (χ1) is 12.1. The van der Waals surface area contributed by atoms with Gasteiger partial charge in [0.25, 0.3) is 0 Å². The molecule has 2 aromatic rings. The van der Waals surface area contributed by atoms with Crippen molar-refractivity contribution in [2.75, 3.05) is 31.5 Å². The number of anilines is 1. The van der Waals surface area contributed by atoms with Gasteiger partial charge in [0.2, 0.25) is 5.91 Å². The molecule has 1 aliphatic heterocycles. The fraction of sp³-hybridized carbons (Fsp3) is 0.350. The average molecular weight is 358 g/mol. The zero-order valence-corrected chi connectivity index (χ0v) is 15.2. The van der Waals surface area contributed by atoms with Crippen LogP contribution in [0.4, 0.5) is 5.69 Å². The fourth-order valence-electron chi connectivity index (χ4n) is 3.10. The molecule has 25 heavy (non-hydrogen) atoms. The third-order valence-electron chi connectivity index (χ3n) is 4.69. The Morgan fingerprint density at radius 2 is 1.68 bits per heavy atom. The molecule has 0 saturated carbocycles. The van der Waals surface area contributed by atoms with Crippen molar-refractivity contribution < 1.29 is 4.79 Å². The molecule has 1 saturated heterocycles. The van der Waals surface area contributed by atoms with Crippen molar-refractivity contribution in [3.05, 3.63) is 65.2 Å². The number of carbonyl (C=O) groups excluding carboxylic acids is 1. The lowest BCUT2D eigenvalue weighted by Gasteiger charge is -2.37. The van der Waals surface area contributed by atoms with Crippen LogP contribution >= 0.6 is 11.6 Å². The van der Waals surface area contributed by atoms with Crippen molar-refractivity contribution in [2.24, 2.45) is 0 Å². The van der Waals surface area contributed by atoms with Gasteiger partial charge in [-0.15, -0.1) is 0 Å². The first-order valence-corrected chi connectivity index (χ1v) is 9.06. The summed E-state index contributed by atoms with van der Waals surface area (Å²) in [7, 11) is 0. The Labute approximate surface area is 154 Å². The van der Waals surface area contributed by atoms with Crippen molar-refractivity contribution in [3.63, 3.8) is 0 Å². The SMILES string of the molecule is CC(C(=O)Nc1ccc(Cl)cc1)N1CCN(Cc2ccccc2)CC1. The summed E-state index contributed by atoms with van der Waals surface area (Å²) >= 11 is 5.88. The number of hydrogen-bond acceptors (Lipinski definition) is 3. The molecule has 1 N–H and O–H groups in total. The second-order valence-corrected chi connectivity index (χ2v) is 6.91. The van der Waals surface area contributed by atoms with Crippen LogP contribution in [0, 0.1) is 0 Å². The third kappa shape index (κ3) is 5.05. The Morgan fingerprint density at radius 1 is 1.04 bits per heavy atom. The van der Waals surface area contributed by atoms with Crippen LogP contribution in [-0.2, 0) is 11.3 Å². The lowest BCUT2D eigenvalue weighted by molar-refractivity contribution is -0.121. The molecule has 0 bridgehead atoms. The molecule has 5 heteroatoms. The normalized spacial score (nSPS) is 17.2. The van der Waals surface area contributed by atoms with Crippen molar-refractivity contribution in [3.8, 4) is 0 Å². The standard InChI is InChI=1S/C20H24ClN3O/c1-16(20(25)22-19-9-7-18(21)8-10-19)24-13-11-23(12-14-24)15-17-5-3-2-4-6-17/h2-10,16H,11-15H2,1H3,(H,22,25). The minimum atomic E-state index is -0.144. The van der Waals surface area contributed by atoms with E-state index in [0.29, 0.717) is 5.02 Å². The molecule has 0 radical (unpaired) electrons. The van der Waals surface area contributed by atoms with Crippen molar-refractivity contribution in [1.29, 1.82) is 0 Å². The van der Waals surface area contributed by atoms with Crippen LogP contribution in [0.3, 0.4) is 0 Å². The van der Waals surface area contributed by atoms with Crippen molar-refractivity contribution in [2.45, 2.75) is 19.5 Å². The summed E-state index contributed by atoms with van der Waals surface area (Å²) in [6, 6.07) is 17.6. The Balaban J connectivity index is 1.48. The molecule has 0 aliphatic carbocycles. The minimum Gasteiger partial charge on any atom is -0.325 e. The first-order valence-electron chi connectivity index (χ1n) is 8.68. The van der Waals surface area contributed by atoms with Gasteiger partial charge in [-0.3, -0.25) is 14.6 Å². The number of halogens is 1. The third-order valence-corrected chi connectivity index (χ3v) is 4.95. The minimum absolute atomic E-state index is 0.0267. The molecule has 3 rings (SSSR count). The van der Waals surface area contributed by atoms with E-state index in [2.05, 4.69) is 39.4 Å². The quantitative estimate of drug-likeness (QED) is 0.889. The highest BCUT2D eigenvalue weighted by molar-refractivity contribution is 6.30. The van der Waals surface area contributed by atoms with Crippen molar-refractivity contribution >= 4 is 23.2 Å². The number of carbonyl (C=O) groups is 1. The van der Waals surface area contributed by atoms with E-state index in [4.69, 9.17) is 11.6 Å². The summed E-state index contributed by atoms with van der Waals surface area (Å²) in [4.78, 5) is 17.2. The number of rotatable bonds is 5. The van der Waals surface area contributed by atoms with Crippen LogP contribution in [0.5, 0.6) is 0 Å². The fourth-order valence-corrected chi connectivity index (χ4v) is 3.22. The molecule has 0 spiro atoms. The molecular weight excluding hydrogens is 334 g/mol. The molecule has 1 aliphatic rings. The van der Waals surface area contributed by atoms with E-state index < -0.39 is 0 Å². The maximum Gasteiger partial charge on any atom is 0.241 e. The smallest absolute Gasteiger partial charge is 0.241 e. The molecule has 2 aromatic carbocycles. The van der Waals surface area contributed by atoms with Gasteiger partial charge in [0, 0.05) is 43.4 Å². The monoisotopic (exact) mass is 357 g/mol. The Bertz CT molecular complexity index is 682. The first kappa shape index (κ1) is 17.9. The van der Waals surface area contributed by atoms with Gasteiger partial charge in [-0.05, 0) is 36.8 Å². The Kier molecular flexibility index (Phi) is 6.08. The predicted octanol–water partition coefficient (Wildman–Crippen LogP) is 3.48. The van der Waals surface area contributed by atoms with Crippen LogP contribution in [-0.4, -0.2) is 47.9 Å². The number of nitrogens with one attached hydrogen (secondary N) is 1. The van der Waals surface area contributed by atoms with E-state index in [-0.39, 0.29) is 11.9 Å². The Hall–Kier alpha value is -1.88. The van der Waals surface area contributed by atoms with Crippen LogP contribution in [0.2, 0.25) is 5.02 Å². The molecular formula is C20H24ClN3O. The maximum atomic E-state index is 12.5. The van der Waals surface area contributed by atoms with E-state index in [1.807, 2.05) is 25.1 Å². The molecule has 132 valence electrons. The van der Waals surface area contributed by atoms with E-state index in [1.165, 1.54) is 5.56 Å². The molecule has 1 unspecified atom stereocenters. The lowest BCUT2D eigenvalue weighted by atomic mass is 10.1. The van der Waals surface area contributed by atoms with Gasteiger partial charge < -0.3 is 5.32 Å². The summed E-state index contributed by atoms with van der Waals surface area (Å²) in [5.41, 5.74) is 2.12. The average Bonchev–Trinajstić information content (AvgIpc) is 2.64. The zero-order valence-electron chi connectivity index (χ0n) is 14.5. The van der Waals surface area contributed by atoms with Gasteiger partial charge in [0.15, 0.2) is 0 Å². The molecule has 4 nitrogen and oxygen atoms in total. The summed E-state index contributed by atoms with van der Waals surface area (Å²) in [5.74, 6) is 0.0267. The highest BCUT2D eigenvalue weighted by Gasteiger charge is 2.25.